The molecule has 0 saturated carbocycles. The van der Waals surface area contributed by atoms with Crippen LogP contribution in [0.5, 0.6) is 0 Å². The van der Waals surface area contributed by atoms with Crippen molar-refractivity contribution >= 4 is 64.5 Å². The number of aryl methyl sites for hydroxylation is 1. The van der Waals surface area contributed by atoms with Crippen LogP contribution in [0, 0.1) is 5.92 Å². The molecule has 42 heavy (non-hydrogen) atoms. The normalized spacial score (nSPS) is 12.3. The van der Waals surface area contributed by atoms with Gasteiger partial charge in [-0.25, -0.2) is 0 Å². The standard InChI is InChI=1S/C27H28Cl2N6O6S/c1-17(32-25(39)14-30-24(38)11-10-18-6-3-2-4-7-18)22(36)12-19(13-26(40)41)23(37)15-34-33-31-16-35(34)42-27-20(28)8-5-9-21(27)29/h2-9,16-17,19H,10-15H2,1H3,(H2-,30,32,38,39,40,41)/p+1. The van der Waals surface area contributed by atoms with Gasteiger partial charge in [0.2, 0.25) is 11.8 Å². The van der Waals surface area contributed by atoms with E-state index < -0.39 is 48.2 Å². The van der Waals surface area contributed by atoms with Crippen LogP contribution >= 0.6 is 35.1 Å². The zero-order chi connectivity index (χ0) is 30.6. The number of hydrogen-bond donors (Lipinski definition) is 3. The highest BCUT2D eigenvalue weighted by atomic mass is 35.5. The SMILES string of the molecule is CC(NC(=O)CNC(=O)CCc1ccccc1)C(=O)CC(CC(=O)O)C(=O)C[n+]1nncn1Sc1c(Cl)cccc1Cl. The van der Waals surface area contributed by atoms with E-state index in [2.05, 4.69) is 20.9 Å². The van der Waals surface area contributed by atoms with Crippen LogP contribution in [0.4, 0.5) is 0 Å². The van der Waals surface area contributed by atoms with Gasteiger partial charge < -0.3 is 15.7 Å². The van der Waals surface area contributed by atoms with Crippen molar-refractivity contribution in [2.45, 2.75) is 50.1 Å². The number of rotatable bonds is 16. The first kappa shape index (κ1) is 32.7. The molecule has 2 unspecified atom stereocenters. The lowest BCUT2D eigenvalue weighted by molar-refractivity contribution is -0.802. The van der Waals surface area contributed by atoms with Gasteiger partial charge in [0.25, 0.3) is 6.33 Å². The number of carbonyl (C=O) groups is 5. The highest BCUT2D eigenvalue weighted by Crippen LogP contribution is 2.33. The lowest BCUT2D eigenvalue weighted by Crippen LogP contribution is -2.49. The lowest BCUT2D eigenvalue weighted by Gasteiger charge is -2.17. The number of hydrogen-bond acceptors (Lipinski definition) is 8. The van der Waals surface area contributed by atoms with Crippen molar-refractivity contribution in [2.24, 2.45) is 5.92 Å². The molecule has 0 fully saturated rings. The largest absolute Gasteiger partial charge is 0.481 e. The Morgan fingerprint density at radius 1 is 0.976 bits per heavy atom. The molecule has 0 spiro atoms. The number of tetrazole rings is 1. The molecule has 3 N–H and O–H groups in total. The van der Waals surface area contributed by atoms with Crippen LogP contribution in [0.3, 0.4) is 0 Å². The van der Waals surface area contributed by atoms with Gasteiger partial charge in [0, 0.05) is 30.7 Å². The number of nitrogens with one attached hydrogen (secondary N) is 2. The maximum atomic E-state index is 13.1. The number of aliphatic carboxylic acids is 1. The van der Waals surface area contributed by atoms with E-state index in [0.29, 0.717) is 21.4 Å². The van der Waals surface area contributed by atoms with Gasteiger partial charge in [-0.05, 0) is 35.8 Å². The molecule has 0 radical (unpaired) electrons. The van der Waals surface area contributed by atoms with Crippen molar-refractivity contribution in [3.8, 4) is 0 Å². The maximum absolute atomic E-state index is 13.1. The van der Waals surface area contributed by atoms with E-state index in [1.54, 1.807) is 18.2 Å². The summed E-state index contributed by atoms with van der Waals surface area (Å²) in [7, 11) is 0. The van der Waals surface area contributed by atoms with E-state index in [1.165, 1.54) is 22.1 Å². The van der Waals surface area contributed by atoms with Crippen molar-refractivity contribution in [3.63, 3.8) is 0 Å². The van der Waals surface area contributed by atoms with Gasteiger partial charge in [0.05, 0.1) is 39.0 Å². The van der Waals surface area contributed by atoms with Crippen molar-refractivity contribution in [1.29, 1.82) is 0 Å². The molecular formula is C27H29Cl2N6O6S+. The molecule has 0 aliphatic rings. The number of carboxylic acids is 1. The molecule has 12 nitrogen and oxygen atoms in total. The first-order valence-corrected chi connectivity index (χ1v) is 14.4. The molecule has 0 bridgehead atoms. The Morgan fingerprint density at radius 3 is 2.33 bits per heavy atom. The van der Waals surface area contributed by atoms with Crippen molar-refractivity contribution in [3.05, 3.63) is 70.5 Å². The van der Waals surface area contributed by atoms with Crippen LogP contribution in [0.15, 0.2) is 59.8 Å². The molecule has 0 saturated heterocycles. The summed E-state index contributed by atoms with van der Waals surface area (Å²) in [5.41, 5.74) is 0.990. The molecule has 2 amide bonds. The molecule has 1 heterocycles. The van der Waals surface area contributed by atoms with E-state index in [9.17, 15) is 29.1 Å². The van der Waals surface area contributed by atoms with Gasteiger partial charge in [0.1, 0.15) is 0 Å². The van der Waals surface area contributed by atoms with Crippen molar-refractivity contribution in [2.75, 3.05) is 6.54 Å². The van der Waals surface area contributed by atoms with Crippen LogP contribution in [0.1, 0.15) is 31.7 Å². The number of aromatic nitrogens is 4. The second-order valence-electron chi connectivity index (χ2n) is 9.28. The summed E-state index contributed by atoms with van der Waals surface area (Å²) in [4.78, 5) is 63.5. The molecule has 2 atom stereocenters. The maximum Gasteiger partial charge on any atom is 0.304 e. The second-order valence-corrected chi connectivity index (χ2v) is 11.1. The average Bonchev–Trinajstić information content (AvgIpc) is 3.38. The third-order valence-electron chi connectivity index (χ3n) is 6.05. The Kier molecular flexibility index (Phi) is 12.5. The number of carbonyl (C=O) groups excluding carboxylic acids is 4. The predicted molar refractivity (Wildman–Crippen MR) is 154 cm³/mol. The summed E-state index contributed by atoms with van der Waals surface area (Å²) < 4.78 is 1.40. The van der Waals surface area contributed by atoms with Gasteiger partial charge in [-0.1, -0.05) is 63.7 Å². The minimum atomic E-state index is -1.26. The Labute approximate surface area is 255 Å². The monoisotopic (exact) mass is 635 g/mol. The first-order chi connectivity index (χ1) is 20.0. The summed E-state index contributed by atoms with van der Waals surface area (Å²) in [6.45, 7) is 0.716. The molecule has 3 aromatic rings. The number of ketones is 2. The van der Waals surface area contributed by atoms with Gasteiger partial charge in [-0.3, -0.25) is 24.0 Å². The fraction of sp³-hybridized carbons (Fsp3) is 0.333. The molecule has 15 heteroatoms. The molecule has 3 rings (SSSR count). The smallest absolute Gasteiger partial charge is 0.304 e. The third kappa shape index (κ3) is 10.2. The molecule has 0 aliphatic carbocycles. The second kappa shape index (κ2) is 16.0. The summed E-state index contributed by atoms with van der Waals surface area (Å²) in [5, 5.41) is 22.7. The fourth-order valence-electron chi connectivity index (χ4n) is 3.80. The van der Waals surface area contributed by atoms with Gasteiger partial charge in [0.15, 0.2) is 23.3 Å². The summed E-state index contributed by atoms with van der Waals surface area (Å²) in [6.07, 6.45) is 1.02. The number of Topliss-reactive ketones (excluding diaryl/α,β-unsaturated/α-hetero) is 2. The fourth-order valence-corrected chi connectivity index (χ4v) is 5.18. The first-order valence-electron chi connectivity index (χ1n) is 12.8. The minimum Gasteiger partial charge on any atom is -0.481 e. The molecule has 222 valence electrons. The van der Waals surface area contributed by atoms with Crippen LogP contribution in [-0.2, 0) is 36.9 Å². The van der Waals surface area contributed by atoms with E-state index in [4.69, 9.17) is 23.2 Å². The summed E-state index contributed by atoms with van der Waals surface area (Å²) in [6, 6.07) is 13.4. The van der Waals surface area contributed by atoms with Gasteiger partial charge in [-0.2, -0.15) is 0 Å². The average molecular weight is 637 g/mol. The highest BCUT2D eigenvalue weighted by Gasteiger charge is 2.30. The van der Waals surface area contributed by atoms with Gasteiger partial charge >= 0.3 is 5.97 Å². The Hall–Kier alpha value is -3.81. The number of carboxylic acid groups (broad SMARTS) is 1. The Morgan fingerprint density at radius 2 is 1.67 bits per heavy atom. The molecule has 0 aliphatic heterocycles. The van der Waals surface area contributed by atoms with Crippen LogP contribution in [-0.4, -0.2) is 61.4 Å². The van der Waals surface area contributed by atoms with Crippen molar-refractivity contribution in [1.82, 2.24) is 25.0 Å². The summed E-state index contributed by atoms with van der Waals surface area (Å²) >= 11 is 13.5. The van der Waals surface area contributed by atoms with E-state index in [-0.39, 0.29) is 25.4 Å². The third-order valence-corrected chi connectivity index (χ3v) is 7.99. The highest BCUT2D eigenvalue weighted by molar-refractivity contribution is 7.97. The molecule has 1 aromatic heterocycles. The topological polar surface area (TPSA) is 164 Å². The Balaban J connectivity index is 1.53. The van der Waals surface area contributed by atoms with Crippen LogP contribution in [0.2, 0.25) is 10.0 Å². The predicted octanol–water partition coefficient (Wildman–Crippen LogP) is 2.30. The van der Waals surface area contributed by atoms with Crippen LogP contribution in [0.25, 0.3) is 0 Å². The molecular weight excluding hydrogens is 607 g/mol. The zero-order valence-electron chi connectivity index (χ0n) is 22.5. The number of nitrogens with zero attached hydrogens (tertiary/aromatic N) is 4. The van der Waals surface area contributed by atoms with Gasteiger partial charge in [-0.15, -0.1) is 0 Å². The Bertz CT molecular complexity index is 1420. The zero-order valence-corrected chi connectivity index (χ0v) is 24.9. The van der Waals surface area contributed by atoms with Crippen molar-refractivity contribution < 1.29 is 33.9 Å². The minimum absolute atomic E-state index is 0.195. The number of benzene rings is 2. The van der Waals surface area contributed by atoms with Crippen LogP contribution < -0.4 is 15.4 Å². The molecule has 2 aromatic carbocycles. The van der Waals surface area contributed by atoms with E-state index in [1.807, 2.05) is 30.3 Å². The quantitative estimate of drug-likeness (QED) is 0.200. The van der Waals surface area contributed by atoms with E-state index in [0.717, 1.165) is 17.5 Å². The number of amides is 2. The summed E-state index contributed by atoms with van der Waals surface area (Å²) in [5.74, 6) is -4.47. The number of halogens is 2. The lowest BCUT2D eigenvalue weighted by atomic mass is 9.92. The van der Waals surface area contributed by atoms with E-state index >= 15 is 0 Å².